The topological polar surface area (TPSA) is 26.3 Å². The Kier molecular flexibility index (Phi) is 2.02. The molecular formula is C10H7O2S. The fourth-order valence-corrected chi connectivity index (χ4v) is 2.09. The van der Waals surface area contributed by atoms with Gasteiger partial charge in [0.15, 0.2) is 0 Å². The minimum Gasteiger partial charge on any atom is -0.465 e. The van der Waals surface area contributed by atoms with E-state index in [9.17, 15) is 4.79 Å². The summed E-state index contributed by atoms with van der Waals surface area (Å²) >= 11 is 1.44. The van der Waals surface area contributed by atoms with Crippen LogP contribution in [0.1, 0.15) is 9.67 Å². The Labute approximate surface area is 79.8 Å². The maximum atomic E-state index is 11.2. The summed E-state index contributed by atoms with van der Waals surface area (Å²) < 4.78 is 5.71. The number of fused-ring (bicyclic) bond motifs is 1. The molecule has 0 unspecified atom stereocenters. The Morgan fingerprint density at radius 1 is 1.62 bits per heavy atom. The fraction of sp³-hybridized carbons (Fsp3) is 0.100. The summed E-state index contributed by atoms with van der Waals surface area (Å²) in [6, 6.07) is 10.4. The minimum atomic E-state index is -0.277. The van der Waals surface area contributed by atoms with E-state index in [1.165, 1.54) is 18.4 Å². The van der Waals surface area contributed by atoms with Crippen LogP contribution in [0.15, 0.2) is 24.3 Å². The molecule has 1 aromatic heterocycles. The summed E-state index contributed by atoms with van der Waals surface area (Å²) in [6.45, 7) is 0. The lowest BCUT2D eigenvalue weighted by atomic mass is 10.2. The van der Waals surface area contributed by atoms with Gasteiger partial charge in [-0.3, -0.25) is 0 Å². The van der Waals surface area contributed by atoms with Crippen molar-refractivity contribution in [1.82, 2.24) is 0 Å². The number of hydrogen-bond donors (Lipinski definition) is 0. The van der Waals surface area contributed by atoms with E-state index in [1.807, 2.05) is 24.3 Å². The van der Waals surface area contributed by atoms with E-state index in [-0.39, 0.29) is 5.97 Å². The molecule has 0 atom stereocenters. The lowest BCUT2D eigenvalue weighted by Crippen LogP contribution is -1.96. The monoisotopic (exact) mass is 191 g/mol. The summed E-state index contributed by atoms with van der Waals surface area (Å²) in [5.41, 5.74) is 0. The number of rotatable bonds is 1. The van der Waals surface area contributed by atoms with Gasteiger partial charge in [0.25, 0.3) is 0 Å². The van der Waals surface area contributed by atoms with Gasteiger partial charge in [0.05, 0.1) is 7.11 Å². The molecule has 1 heterocycles. The zero-order chi connectivity index (χ0) is 9.26. The number of carbonyl (C=O) groups excluding carboxylic acids is 1. The number of hydrogen-bond acceptors (Lipinski definition) is 3. The first kappa shape index (κ1) is 8.26. The molecule has 2 nitrogen and oxygen atoms in total. The van der Waals surface area contributed by atoms with Gasteiger partial charge in [-0.15, -0.1) is 11.3 Å². The van der Waals surface area contributed by atoms with Crippen molar-refractivity contribution in [3.05, 3.63) is 35.2 Å². The predicted molar refractivity (Wildman–Crippen MR) is 52.0 cm³/mol. The van der Waals surface area contributed by atoms with Crippen molar-refractivity contribution in [2.45, 2.75) is 0 Å². The molecule has 0 aliphatic heterocycles. The van der Waals surface area contributed by atoms with Gasteiger partial charge >= 0.3 is 5.97 Å². The van der Waals surface area contributed by atoms with Gasteiger partial charge < -0.3 is 4.74 Å². The first-order valence-corrected chi connectivity index (χ1v) is 4.61. The molecule has 1 aromatic carbocycles. The number of esters is 1. The molecule has 2 rings (SSSR count). The van der Waals surface area contributed by atoms with Crippen LogP contribution in [-0.4, -0.2) is 13.1 Å². The fourth-order valence-electron chi connectivity index (χ4n) is 1.13. The SMILES string of the molecule is COC(=O)c1cc2c[c]ccc2s1. The van der Waals surface area contributed by atoms with E-state index in [1.54, 1.807) is 0 Å². The molecule has 65 valence electrons. The molecule has 0 N–H and O–H groups in total. The highest BCUT2D eigenvalue weighted by Gasteiger charge is 2.08. The quantitative estimate of drug-likeness (QED) is 0.647. The van der Waals surface area contributed by atoms with Crippen LogP contribution >= 0.6 is 11.3 Å². The highest BCUT2D eigenvalue weighted by atomic mass is 32.1. The second-order valence-electron chi connectivity index (χ2n) is 2.57. The molecule has 0 fully saturated rings. The standard InChI is InChI=1S/C10H7O2S/c1-12-10(11)9-6-7-4-2-3-5-8(7)13-9/h3-6H,1H3. The normalized spacial score (nSPS) is 10.2. The second kappa shape index (κ2) is 3.18. The second-order valence-corrected chi connectivity index (χ2v) is 3.65. The summed E-state index contributed by atoms with van der Waals surface area (Å²) in [7, 11) is 1.39. The Balaban J connectivity index is 2.56. The largest absolute Gasteiger partial charge is 0.465 e. The van der Waals surface area contributed by atoms with Crippen molar-refractivity contribution in [1.29, 1.82) is 0 Å². The Morgan fingerprint density at radius 3 is 3.15 bits per heavy atom. The highest BCUT2D eigenvalue weighted by Crippen LogP contribution is 2.25. The molecule has 0 saturated carbocycles. The van der Waals surface area contributed by atoms with Gasteiger partial charge in [0, 0.05) is 4.70 Å². The van der Waals surface area contributed by atoms with Crippen LogP contribution in [0.3, 0.4) is 0 Å². The van der Waals surface area contributed by atoms with Gasteiger partial charge in [-0.05, 0) is 29.7 Å². The number of ether oxygens (including phenoxy) is 1. The zero-order valence-electron chi connectivity index (χ0n) is 7.03. The van der Waals surface area contributed by atoms with Crippen LogP contribution in [-0.2, 0) is 4.74 Å². The highest BCUT2D eigenvalue weighted by molar-refractivity contribution is 7.20. The lowest BCUT2D eigenvalue weighted by Gasteiger charge is -1.90. The van der Waals surface area contributed by atoms with Crippen LogP contribution in [0.2, 0.25) is 0 Å². The maximum absolute atomic E-state index is 11.2. The Morgan fingerprint density at radius 2 is 2.46 bits per heavy atom. The summed E-state index contributed by atoms with van der Waals surface area (Å²) in [6.07, 6.45) is 0. The molecule has 0 aliphatic carbocycles. The molecule has 0 amide bonds. The summed E-state index contributed by atoms with van der Waals surface area (Å²) in [4.78, 5) is 11.8. The van der Waals surface area contributed by atoms with Crippen LogP contribution in [0.5, 0.6) is 0 Å². The third kappa shape index (κ3) is 1.42. The molecule has 0 aliphatic rings. The average Bonchev–Trinajstić information content (AvgIpc) is 2.59. The molecule has 3 heteroatoms. The van der Waals surface area contributed by atoms with E-state index < -0.39 is 0 Å². The Hall–Kier alpha value is -1.35. The van der Waals surface area contributed by atoms with E-state index in [2.05, 4.69) is 10.8 Å². The van der Waals surface area contributed by atoms with E-state index in [0.29, 0.717) is 4.88 Å². The number of methoxy groups -OCH3 is 1. The van der Waals surface area contributed by atoms with Crippen molar-refractivity contribution in [3.63, 3.8) is 0 Å². The first-order valence-electron chi connectivity index (χ1n) is 3.79. The molecule has 0 saturated heterocycles. The van der Waals surface area contributed by atoms with Gasteiger partial charge in [-0.25, -0.2) is 4.79 Å². The lowest BCUT2D eigenvalue weighted by molar-refractivity contribution is 0.0606. The predicted octanol–water partition coefficient (Wildman–Crippen LogP) is 2.49. The molecule has 0 bridgehead atoms. The van der Waals surface area contributed by atoms with Crippen LogP contribution in [0, 0.1) is 6.07 Å². The molecule has 13 heavy (non-hydrogen) atoms. The van der Waals surface area contributed by atoms with Crippen molar-refractivity contribution in [2.24, 2.45) is 0 Å². The van der Waals surface area contributed by atoms with Gasteiger partial charge in [-0.1, -0.05) is 6.07 Å². The zero-order valence-corrected chi connectivity index (χ0v) is 7.85. The van der Waals surface area contributed by atoms with Crippen molar-refractivity contribution >= 4 is 27.4 Å². The first-order chi connectivity index (χ1) is 6.31. The van der Waals surface area contributed by atoms with Gasteiger partial charge in [-0.2, -0.15) is 0 Å². The van der Waals surface area contributed by atoms with Gasteiger partial charge in [0.1, 0.15) is 4.88 Å². The van der Waals surface area contributed by atoms with Crippen LogP contribution < -0.4 is 0 Å². The molecule has 0 spiro atoms. The maximum Gasteiger partial charge on any atom is 0.348 e. The smallest absolute Gasteiger partial charge is 0.348 e. The van der Waals surface area contributed by atoms with Crippen LogP contribution in [0.25, 0.3) is 10.1 Å². The average molecular weight is 191 g/mol. The van der Waals surface area contributed by atoms with Crippen molar-refractivity contribution in [3.8, 4) is 0 Å². The van der Waals surface area contributed by atoms with E-state index in [0.717, 1.165) is 10.1 Å². The van der Waals surface area contributed by atoms with Crippen LogP contribution in [0.4, 0.5) is 0 Å². The summed E-state index contributed by atoms with van der Waals surface area (Å²) in [5, 5.41) is 1.04. The molecular weight excluding hydrogens is 184 g/mol. The Bertz CT molecular complexity index is 412. The van der Waals surface area contributed by atoms with Crippen molar-refractivity contribution in [2.75, 3.05) is 7.11 Å². The van der Waals surface area contributed by atoms with E-state index in [4.69, 9.17) is 0 Å². The van der Waals surface area contributed by atoms with E-state index >= 15 is 0 Å². The summed E-state index contributed by atoms with van der Waals surface area (Å²) in [5.74, 6) is -0.277. The number of thiophene rings is 1. The third-order valence-electron chi connectivity index (χ3n) is 1.75. The van der Waals surface area contributed by atoms with Crippen molar-refractivity contribution < 1.29 is 9.53 Å². The molecule has 1 radical (unpaired) electrons. The van der Waals surface area contributed by atoms with Gasteiger partial charge in [0.2, 0.25) is 0 Å². The molecule has 2 aromatic rings. The third-order valence-corrected chi connectivity index (χ3v) is 2.84. The minimum absolute atomic E-state index is 0.277. The number of carbonyl (C=O) groups is 1. The number of benzene rings is 1.